The average molecular weight is 155 g/mol. The molecule has 0 amide bonds. The van der Waals surface area contributed by atoms with Crippen molar-refractivity contribution in [3.63, 3.8) is 0 Å². The molecule has 1 aliphatic rings. The highest BCUT2D eigenvalue weighted by molar-refractivity contribution is 4.72. The summed E-state index contributed by atoms with van der Waals surface area (Å²) in [7, 11) is 2.26. The molecule has 0 N–H and O–H groups in total. The minimum Gasteiger partial charge on any atom is -0.303 e. The molecule has 1 aliphatic heterocycles. The summed E-state index contributed by atoms with van der Waals surface area (Å²) in [5.74, 6) is 0.889. The van der Waals surface area contributed by atoms with E-state index < -0.39 is 0 Å². The normalized spacial score (nSPS) is 36.3. The molecule has 1 saturated heterocycles. The zero-order valence-electron chi connectivity index (χ0n) is 8.14. The van der Waals surface area contributed by atoms with Crippen molar-refractivity contribution in [1.82, 2.24) is 4.90 Å². The third kappa shape index (κ3) is 2.48. The Morgan fingerprint density at radius 3 is 2.55 bits per heavy atom. The SMILES string of the molecule is CC1CCCCCN(C)C1C. The Bertz CT molecular complexity index is 99.4. The highest BCUT2D eigenvalue weighted by Crippen LogP contribution is 2.20. The Labute approximate surface area is 70.8 Å². The third-order valence-corrected chi connectivity index (χ3v) is 3.19. The Morgan fingerprint density at radius 1 is 1.09 bits per heavy atom. The molecule has 0 aromatic carbocycles. The first-order valence-electron chi connectivity index (χ1n) is 4.92. The lowest BCUT2D eigenvalue weighted by molar-refractivity contribution is 0.172. The maximum Gasteiger partial charge on any atom is 0.00895 e. The summed E-state index contributed by atoms with van der Waals surface area (Å²) in [5.41, 5.74) is 0. The molecule has 0 aromatic rings. The lowest BCUT2D eigenvalue weighted by atomic mass is 9.93. The van der Waals surface area contributed by atoms with Crippen molar-refractivity contribution in [3.05, 3.63) is 0 Å². The molecule has 2 atom stereocenters. The summed E-state index contributed by atoms with van der Waals surface area (Å²) in [6.45, 7) is 6.04. The van der Waals surface area contributed by atoms with Crippen LogP contribution in [0.2, 0.25) is 0 Å². The van der Waals surface area contributed by atoms with E-state index in [-0.39, 0.29) is 0 Å². The molecule has 0 spiro atoms. The van der Waals surface area contributed by atoms with E-state index in [1.54, 1.807) is 0 Å². The van der Waals surface area contributed by atoms with Gasteiger partial charge in [0.05, 0.1) is 0 Å². The molecule has 0 aliphatic carbocycles. The highest BCUT2D eigenvalue weighted by atomic mass is 15.1. The van der Waals surface area contributed by atoms with Crippen LogP contribution in [0.25, 0.3) is 0 Å². The van der Waals surface area contributed by atoms with Gasteiger partial charge < -0.3 is 4.90 Å². The molecule has 1 rings (SSSR count). The van der Waals surface area contributed by atoms with Crippen molar-refractivity contribution < 1.29 is 0 Å². The van der Waals surface area contributed by atoms with Crippen LogP contribution in [0, 0.1) is 5.92 Å². The topological polar surface area (TPSA) is 3.24 Å². The molecule has 0 bridgehead atoms. The highest BCUT2D eigenvalue weighted by Gasteiger charge is 2.17. The first-order valence-corrected chi connectivity index (χ1v) is 4.92. The van der Waals surface area contributed by atoms with Crippen molar-refractivity contribution in [1.29, 1.82) is 0 Å². The Morgan fingerprint density at radius 2 is 1.82 bits per heavy atom. The molecular formula is C10H21N. The van der Waals surface area contributed by atoms with E-state index in [0.717, 1.165) is 12.0 Å². The van der Waals surface area contributed by atoms with Crippen LogP contribution in [0.5, 0.6) is 0 Å². The molecule has 11 heavy (non-hydrogen) atoms. The van der Waals surface area contributed by atoms with Crippen LogP contribution in [-0.4, -0.2) is 24.5 Å². The predicted molar refractivity (Wildman–Crippen MR) is 49.7 cm³/mol. The van der Waals surface area contributed by atoms with Crippen LogP contribution in [-0.2, 0) is 0 Å². The molecule has 0 aromatic heterocycles. The fraction of sp³-hybridized carbons (Fsp3) is 1.00. The van der Waals surface area contributed by atoms with Gasteiger partial charge in [-0.3, -0.25) is 0 Å². The second-order valence-corrected chi connectivity index (χ2v) is 4.05. The van der Waals surface area contributed by atoms with Crippen LogP contribution in [0.3, 0.4) is 0 Å². The van der Waals surface area contributed by atoms with Crippen LogP contribution < -0.4 is 0 Å². The zero-order valence-corrected chi connectivity index (χ0v) is 8.14. The molecule has 1 nitrogen and oxygen atoms in total. The molecule has 1 heteroatoms. The van der Waals surface area contributed by atoms with Gasteiger partial charge in [0, 0.05) is 6.04 Å². The van der Waals surface area contributed by atoms with Gasteiger partial charge in [-0.1, -0.05) is 19.8 Å². The fourth-order valence-electron chi connectivity index (χ4n) is 1.88. The number of likely N-dealkylation sites (tertiary alicyclic amines) is 1. The van der Waals surface area contributed by atoms with Gasteiger partial charge in [0.25, 0.3) is 0 Å². The summed E-state index contributed by atoms with van der Waals surface area (Å²) >= 11 is 0. The molecule has 1 heterocycles. The van der Waals surface area contributed by atoms with Crippen molar-refractivity contribution in [2.45, 2.75) is 45.6 Å². The quantitative estimate of drug-likeness (QED) is 0.519. The van der Waals surface area contributed by atoms with Crippen LogP contribution >= 0.6 is 0 Å². The molecule has 0 saturated carbocycles. The maximum absolute atomic E-state index is 2.50. The molecule has 0 radical (unpaired) electrons. The second-order valence-electron chi connectivity index (χ2n) is 4.05. The Hall–Kier alpha value is -0.0400. The van der Waals surface area contributed by atoms with Crippen molar-refractivity contribution in [3.8, 4) is 0 Å². The average Bonchev–Trinajstić information content (AvgIpc) is 2.00. The maximum atomic E-state index is 2.50. The van der Waals surface area contributed by atoms with Gasteiger partial charge in [0.1, 0.15) is 0 Å². The van der Waals surface area contributed by atoms with Crippen LogP contribution in [0.1, 0.15) is 39.5 Å². The summed E-state index contributed by atoms with van der Waals surface area (Å²) in [6, 6.07) is 0.787. The summed E-state index contributed by atoms with van der Waals surface area (Å²) in [6.07, 6.45) is 5.69. The van der Waals surface area contributed by atoms with E-state index in [2.05, 4.69) is 25.8 Å². The Kier molecular flexibility index (Phi) is 3.38. The molecule has 66 valence electrons. The van der Waals surface area contributed by atoms with E-state index in [4.69, 9.17) is 0 Å². The third-order valence-electron chi connectivity index (χ3n) is 3.19. The van der Waals surface area contributed by atoms with Gasteiger partial charge in [0.15, 0.2) is 0 Å². The predicted octanol–water partition coefficient (Wildman–Crippen LogP) is 2.52. The smallest absolute Gasteiger partial charge is 0.00895 e. The molecular weight excluding hydrogens is 134 g/mol. The second kappa shape index (κ2) is 4.10. The van der Waals surface area contributed by atoms with E-state index in [1.165, 1.54) is 32.2 Å². The molecule has 1 fully saturated rings. The minimum absolute atomic E-state index is 0.787. The summed E-state index contributed by atoms with van der Waals surface area (Å²) < 4.78 is 0. The lowest BCUT2D eigenvalue weighted by Gasteiger charge is -2.32. The van der Waals surface area contributed by atoms with Crippen LogP contribution in [0.15, 0.2) is 0 Å². The summed E-state index contributed by atoms with van der Waals surface area (Å²) in [5, 5.41) is 0. The van der Waals surface area contributed by atoms with Gasteiger partial charge in [-0.2, -0.15) is 0 Å². The van der Waals surface area contributed by atoms with Gasteiger partial charge in [0.2, 0.25) is 0 Å². The van der Waals surface area contributed by atoms with Gasteiger partial charge in [-0.15, -0.1) is 0 Å². The van der Waals surface area contributed by atoms with E-state index in [9.17, 15) is 0 Å². The van der Waals surface area contributed by atoms with E-state index in [0.29, 0.717) is 0 Å². The molecule has 2 unspecified atom stereocenters. The number of rotatable bonds is 0. The lowest BCUT2D eigenvalue weighted by Crippen LogP contribution is -2.36. The van der Waals surface area contributed by atoms with Crippen molar-refractivity contribution in [2.75, 3.05) is 13.6 Å². The monoisotopic (exact) mass is 155 g/mol. The first-order chi connectivity index (χ1) is 5.22. The van der Waals surface area contributed by atoms with E-state index >= 15 is 0 Å². The Balaban J connectivity index is 2.42. The van der Waals surface area contributed by atoms with E-state index in [1.807, 2.05) is 0 Å². The first kappa shape index (κ1) is 9.05. The number of hydrogen-bond acceptors (Lipinski definition) is 1. The van der Waals surface area contributed by atoms with Crippen LogP contribution in [0.4, 0.5) is 0 Å². The van der Waals surface area contributed by atoms with Gasteiger partial charge in [-0.25, -0.2) is 0 Å². The van der Waals surface area contributed by atoms with Crippen molar-refractivity contribution >= 4 is 0 Å². The zero-order chi connectivity index (χ0) is 8.27. The fourth-order valence-corrected chi connectivity index (χ4v) is 1.88. The largest absolute Gasteiger partial charge is 0.303 e. The van der Waals surface area contributed by atoms with Gasteiger partial charge in [-0.05, 0) is 39.3 Å². The standard InChI is InChI=1S/C10H21N/c1-9-7-5-4-6-8-11(3)10(9)2/h9-10H,4-8H2,1-3H3. The van der Waals surface area contributed by atoms with Crippen molar-refractivity contribution in [2.24, 2.45) is 5.92 Å². The minimum atomic E-state index is 0.787. The van der Waals surface area contributed by atoms with Gasteiger partial charge >= 0.3 is 0 Å². The number of hydrogen-bond donors (Lipinski definition) is 0. The number of nitrogens with zero attached hydrogens (tertiary/aromatic N) is 1. The summed E-state index contributed by atoms with van der Waals surface area (Å²) in [4.78, 5) is 2.50.